The third kappa shape index (κ3) is 1.96. The van der Waals surface area contributed by atoms with Crippen LogP contribution in [-0.2, 0) is 4.74 Å². The molecule has 0 spiro atoms. The van der Waals surface area contributed by atoms with E-state index in [2.05, 4.69) is 22.0 Å². The Kier molecular flexibility index (Phi) is 3.92. The van der Waals surface area contributed by atoms with Gasteiger partial charge in [0.05, 0.1) is 11.7 Å². The lowest BCUT2D eigenvalue weighted by molar-refractivity contribution is 0.0127. The van der Waals surface area contributed by atoms with E-state index < -0.39 is 0 Å². The van der Waals surface area contributed by atoms with E-state index in [1.807, 2.05) is 13.8 Å². The third-order valence-electron chi connectivity index (χ3n) is 1.82. The summed E-state index contributed by atoms with van der Waals surface area (Å²) in [5, 5.41) is 8.56. The number of hydrogen-bond acceptors (Lipinski definition) is 2. The van der Waals surface area contributed by atoms with Crippen LogP contribution in [0, 0.1) is 11.3 Å². The first-order valence-corrected chi connectivity index (χ1v) is 4.11. The summed E-state index contributed by atoms with van der Waals surface area (Å²) >= 11 is 3.23. The number of ether oxygens (including phenoxy) is 1. The predicted octanol–water partition coefficient (Wildman–Crippen LogP) is 2.09. The van der Waals surface area contributed by atoms with Crippen LogP contribution in [0.4, 0.5) is 0 Å². The van der Waals surface area contributed by atoms with Gasteiger partial charge in [-0.25, -0.2) is 0 Å². The van der Waals surface area contributed by atoms with Crippen molar-refractivity contribution in [2.75, 3.05) is 7.11 Å². The number of rotatable bonds is 3. The van der Waals surface area contributed by atoms with Gasteiger partial charge in [0.1, 0.15) is 4.83 Å². The molecule has 0 N–H and O–H groups in total. The van der Waals surface area contributed by atoms with Gasteiger partial charge in [-0.3, -0.25) is 0 Å². The Bertz CT molecular complexity index is 137. The highest BCUT2D eigenvalue weighted by Gasteiger charge is 2.30. The SMILES string of the molecule is CCC(C)(OC)C(Br)C#N. The molecule has 10 heavy (non-hydrogen) atoms. The zero-order chi connectivity index (χ0) is 8.20. The van der Waals surface area contributed by atoms with Crippen molar-refractivity contribution in [2.24, 2.45) is 0 Å². The Balaban J connectivity index is 4.20. The van der Waals surface area contributed by atoms with Gasteiger partial charge in [-0.15, -0.1) is 0 Å². The van der Waals surface area contributed by atoms with Crippen molar-refractivity contribution in [1.29, 1.82) is 5.26 Å². The lowest BCUT2D eigenvalue weighted by atomic mass is 10.00. The maximum Gasteiger partial charge on any atom is 0.130 e. The first kappa shape index (κ1) is 9.93. The van der Waals surface area contributed by atoms with E-state index in [1.165, 1.54) is 0 Å². The standard InChI is InChI=1S/C7H12BrNO/c1-4-7(2,10-3)6(8)5-9/h6H,4H2,1-3H3. The monoisotopic (exact) mass is 205 g/mol. The summed E-state index contributed by atoms with van der Waals surface area (Å²) in [5.41, 5.74) is -0.352. The van der Waals surface area contributed by atoms with E-state index in [-0.39, 0.29) is 10.4 Å². The van der Waals surface area contributed by atoms with Gasteiger partial charge >= 0.3 is 0 Å². The summed E-state index contributed by atoms with van der Waals surface area (Å²) in [6.45, 7) is 3.91. The van der Waals surface area contributed by atoms with E-state index >= 15 is 0 Å². The van der Waals surface area contributed by atoms with Crippen LogP contribution >= 0.6 is 15.9 Å². The van der Waals surface area contributed by atoms with Crippen LogP contribution in [0.2, 0.25) is 0 Å². The second-order valence-corrected chi connectivity index (χ2v) is 3.28. The van der Waals surface area contributed by atoms with Crippen molar-refractivity contribution in [1.82, 2.24) is 0 Å². The highest BCUT2D eigenvalue weighted by Crippen LogP contribution is 2.24. The van der Waals surface area contributed by atoms with Gasteiger partial charge in [0.2, 0.25) is 0 Å². The number of alkyl halides is 1. The topological polar surface area (TPSA) is 33.0 Å². The minimum atomic E-state index is -0.352. The summed E-state index contributed by atoms with van der Waals surface area (Å²) in [6, 6.07) is 2.10. The molecule has 0 amide bonds. The largest absolute Gasteiger partial charge is 0.376 e. The van der Waals surface area contributed by atoms with Gasteiger partial charge in [0.15, 0.2) is 0 Å². The van der Waals surface area contributed by atoms with Gasteiger partial charge in [-0.2, -0.15) is 5.26 Å². The Hall–Kier alpha value is -0.0700. The van der Waals surface area contributed by atoms with Crippen molar-refractivity contribution in [2.45, 2.75) is 30.7 Å². The molecule has 0 aromatic rings. The van der Waals surface area contributed by atoms with Crippen LogP contribution < -0.4 is 0 Å². The van der Waals surface area contributed by atoms with Gasteiger partial charge in [-0.1, -0.05) is 22.9 Å². The molecule has 0 radical (unpaired) electrons. The zero-order valence-electron chi connectivity index (χ0n) is 6.52. The average Bonchev–Trinajstić information content (AvgIpc) is 2.01. The maximum absolute atomic E-state index is 8.56. The number of nitrogens with zero attached hydrogens (tertiary/aromatic N) is 1. The van der Waals surface area contributed by atoms with Gasteiger partial charge in [0, 0.05) is 7.11 Å². The summed E-state index contributed by atoms with van der Waals surface area (Å²) < 4.78 is 5.17. The molecule has 0 saturated carbocycles. The first-order chi connectivity index (χ1) is 4.60. The Morgan fingerprint density at radius 1 is 1.80 bits per heavy atom. The van der Waals surface area contributed by atoms with Crippen molar-refractivity contribution in [3.05, 3.63) is 0 Å². The van der Waals surface area contributed by atoms with Gasteiger partial charge < -0.3 is 4.74 Å². The Labute approximate surface area is 70.3 Å². The van der Waals surface area contributed by atoms with Gasteiger partial charge in [0.25, 0.3) is 0 Å². The van der Waals surface area contributed by atoms with E-state index in [9.17, 15) is 0 Å². The van der Waals surface area contributed by atoms with E-state index in [0.717, 1.165) is 6.42 Å². The van der Waals surface area contributed by atoms with Crippen LogP contribution in [0.5, 0.6) is 0 Å². The summed E-state index contributed by atoms with van der Waals surface area (Å²) in [6.07, 6.45) is 0.826. The average molecular weight is 206 g/mol. The molecule has 0 fully saturated rings. The summed E-state index contributed by atoms with van der Waals surface area (Å²) in [7, 11) is 1.62. The first-order valence-electron chi connectivity index (χ1n) is 3.19. The Morgan fingerprint density at radius 3 is 2.40 bits per heavy atom. The molecule has 0 aromatic carbocycles. The van der Waals surface area contributed by atoms with Crippen molar-refractivity contribution in [3.63, 3.8) is 0 Å². The van der Waals surface area contributed by atoms with E-state index in [4.69, 9.17) is 10.00 Å². The van der Waals surface area contributed by atoms with Crippen LogP contribution in [0.3, 0.4) is 0 Å². The number of nitriles is 1. The second-order valence-electron chi connectivity index (χ2n) is 2.36. The van der Waals surface area contributed by atoms with E-state index in [0.29, 0.717) is 0 Å². The molecule has 2 unspecified atom stereocenters. The molecule has 2 nitrogen and oxygen atoms in total. The molecular formula is C7H12BrNO. The van der Waals surface area contributed by atoms with Gasteiger partial charge in [-0.05, 0) is 13.3 Å². The zero-order valence-corrected chi connectivity index (χ0v) is 8.10. The molecule has 0 heterocycles. The lowest BCUT2D eigenvalue weighted by Crippen LogP contribution is -2.35. The van der Waals surface area contributed by atoms with Crippen molar-refractivity contribution >= 4 is 15.9 Å². The van der Waals surface area contributed by atoms with Crippen molar-refractivity contribution in [3.8, 4) is 6.07 Å². The Morgan fingerprint density at radius 2 is 2.30 bits per heavy atom. The molecule has 0 aliphatic heterocycles. The highest BCUT2D eigenvalue weighted by molar-refractivity contribution is 9.09. The van der Waals surface area contributed by atoms with E-state index in [1.54, 1.807) is 7.11 Å². The molecule has 0 rings (SSSR count). The van der Waals surface area contributed by atoms with Crippen molar-refractivity contribution < 1.29 is 4.74 Å². The lowest BCUT2D eigenvalue weighted by Gasteiger charge is -2.27. The predicted molar refractivity (Wildman–Crippen MR) is 44.0 cm³/mol. The van der Waals surface area contributed by atoms with Crippen LogP contribution in [0.1, 0.15) is 20.3 Å². The molecule has 0 bridgehead atoms. The van der Waals surface area contributed by atoms with Crippen LogP contribution in [0.25, 0.3) is 0 Å². The molecule has 3 heteroatoms. The fourth-order valence-electron chi connectivity index (χ4n) is 0.564. The highest BCUT2D eigenvalue weighted by atomic mass is 79.9. The summed E-state index contributed by atoms with van der Waals surface area (Å²) in [4.78, 5) is -0.227. The second kappa shape index (κ2) is 3.95. The van der Waals surface area contributed by atoms with Crippen LogP contribution in [-0.4, -0.2) is 17.5 Å². The summed E-state index contributed by atoms with van der Waals surface area (Å²) in [5.74, 6) is 0. The number of hydrogen-bond donors (Lipinski definition) is 0. The fraction of sp³-hybridized carbons (Fsp3) is 0.857. The van der Waals surface area contributed by atoms with Crippen LogP contribution in [0.15, 0.2) is 0 Å². The maximum atomic E-state index is 8.56. The molecule has 0 aliphatic carbocycles. The number of methoxy groups -OCH3 is 1. The smallest absolute Gasteiger partial charge is 0.130 e. The fourth-order valence-corrected chi connectivity index (χ4v) is 1.07. The minimum Gasteiger partial charge on any atom is -0.376 e. The minimum absolute atomic E-state index is 0.227. The third-order valence-corrected chi connectivity index (χ3v) is 2.99. The normalized spacial score (nSPS) is 19.1. The molecular weight excluding hydrogens is 194 g/mol. The quantitative estimate of drug-likeness (QED) is 0.662. The molecule has 58 valence electrons. The molecule has 2 atom stereocenters. The number of halogens is 1. The molecule has 0 aromatic heterocycles. The molecule has 0 saturated heterocycles. The molecule has 0 aliphatic rings.